The van der Waals surface area contributed by atoms with Crippen molar-refractivity contribution in [2.45, 2.75) is 0 Å². The van der Waals surface area contributed by atoms with Gasteiger partial charge in [0.05, 0.1) is 0 Å². The number of benzene rings is 1. The second-order valence-electron chi connectivity index (χ2n) is 3.75. The van der Waals surface area contributed by atoms with Gasteiger partial charge in [0.2, 0.25) is 6.16 Å². The maximum absolute atomic E-state index is 12.0. The largest absolute Gasteiger partial charge is 0.386 e. The third-order valence-electron chi connectivity index (χ3n) is 2.37. The smallest absolute Gasteiger partial charge is 0.332 e. The Labute approximate surface area is 109 Å². The predicted molar refractivity (Wildman–Crippen MR) is 75.5 cm³/mol. The molecule has 3 nitrogen and oxygen atoms in total. The van der Waals surface area contributed by atoms with Crippen LogP contribution in [0.1, 0.15) is 0 Å². The van der Waals surface area contributed by atoms with Crippen molar-refractivity contribution in [3.05, 3.63) is 55.6 Å². The lowest BCUT2D eigenvalue weighted by Gasteiger charge is -2.16. The van der Waals surface area contributed by atoms with Crippen LogP contribution in [0.2, 0.25) is 0 Å². The van der Waals surface area contributed by atoms with Gasteiger partial charge in [-0.15, -0.1) is 13.2 Å². The maximum atomic E-state index is 12.0. The van der Waals surface area contributed by atoms with Crippen LogP contribution in [0.4, 0.5) is 0 Å². The first-order valence-corrected chi connectivity index (χ1v) is 7.12. The van der Waals surface area contributed by atoms with Gasteiger partial charge in [0.25, 0.3) is 5.91 Å². The van der Waals surface area contributed by atoms with Crippen molar-refractivity contribution in [1.82, 2.24) is 4.90 Å². The van der Waals surface area contributed by atoms with Gasteiger partial charge in [-0.25, -0.2) is 0 Å². The first-order valence-electron chi connectivity index (χ1n) is 5.68. The van der Waals surface area contributed by atoms with E-state index in [0.29, 0.717) is 18.4 Å². The van der Waals surface area contributed by atoms with Gasteiger partial charge in [0.1, 0.15) is 0 Å². The third-order valence-corrected chi connectivity index (χ3v) is 3.81. The maximum Gasteiger partial charge on any atom is 0.386 e. The zero-order chi connectivity index (χ0) is 13.4. The van der Waals surface area contributed by atoms with E-state index in [4.69, 9.17) is 0 Å². The van der Waals surface area contributed by atoms with Crippen molar-refractivity contribution in [3.8, 4) is 0 Å². The summed E-state index contributed by atoms with van der Waals surface area (Å²) >= 11 is 0. The molecule has 18 heavy (non-hydrogen) atoms. The van der Waals surface area contributed by atoms with E-state index in [0.717, 1.165) is 0 Å². The summed E-state index contributed by atoms with van der Waals surface area (Å²) in [6.45, 7) is 8.10. The Bertz CT molecular complexity index is 432. The molecule has 4 heteroatoms. The van der Waals surface area contributed by atoms with Crippen molar-refractivity contribution < 1.29 is 9.36 Å². The molecular weight excluding hydrogens is 245 g/mol. The molecule has 1 atom stereocenters. The zero-order valence-corrected chi connectivity index (χ0v) is 11.2. The molecule has 0 spiro atoms. The van der Waals surface area contributed by atoms with E-state index in [9.17, 15) is 9.36 Å². The average Bonchev–Trinajstić information content (AvgIpc) is 2.39. The van der Waals surface area contributed by atoms with Crippen LogP contribution in [0.5, 0.6) is 0 Å². The molecule has 94 valence electrons. The zero-order valence-electron chi connectivity index (χ0n) is 10.3. The summed E-state index contributed by atoms with van der Waals surface area (Å²) < 4.78 is 12.0. The topological polar surface area (TPSA) is 37.4 Å². The predicted octanol–water partition coefficient (Wildman–Crippen LogP) is 2.34. The molecule has 0 aliphatic carbocycles. The summed E-state index contributed by atoms with van der Waals surface area (Å²) in [6.07, 6.45) is 3.33. The monoisotopic (exact) mass is 262 g/mol. The minimum absolute atomic E-state index is 0.0288. The second kappa shape index (κ2) is 7.57. The minimum Gasteiger partial charge on any atom is -0.332 e. The molecular formula is C14H17NO2P+. The van der Waals surface area contributed by atoms with Gasteiger partial charge in [-0.3, -0.25) is 4.79 Å². The SMILES string of the molecule is C=CCN(CC=C)C(=O)C[P+](=O)c1ccccc1. The molecule has 0 saturated heterocycles. The summed E-state index contributed by atoms with van der Waals surface area (Å²) in [5.41, 5.74) is 0. The summed E-state index contributed by atoms with van der Waals surface area (Å²) in [6, 6.07) is 9.04. The minimum atomic E-state index is -1.68. The van der Waals surface area contributed by atoms with Gasteiger partial charge in [-0.05, 0) is 12.1 Å². The van der Waals surface area contributed by atoms with E-state index in [2.05, 4.69) is 13.2 Å². The van der Waals surface area contributed by atoms with Crippen molar-refractivity contribution in [2.75, 3.05) is 19.3 Å². The van der Waals surface area contributed by atoms with Crippen molar-refractivity contribution in [2.24, 2.45) is 0 Å². The van der Waals surface area contributed by atoms with Crippen molar-refractivity contribution in [1.29, 1.82) is 0 Å². The number of rotatable bonds is 7. The van der Waals surface area contributed by atoms with Gasteiger partial charge in [0, 0.05) is 13.1 Å². The number of hydrogen-bond acceptors (Lipinski definition) is 2. The van der Waals surface area contributed by atoms with Crippen LogP contribution >= 0.6 is 7.80 Å². The standard InChI is InChI=1S/C14H17NO2P/c1-3-10-15(11-4-2)14(16)12-18(17)13-8-6-5-7-9-13/h3-9H,1-2,10-12H2/q+1. The fourth-order valence-corrected chi connectivity index (χ4v) is 2.63. The van der Waals surface area contributed by atoms with E-state index in [1.54, 1.807) is 29.2 Å². The van der Waals surface area contributed by atoms with Crippen LogP contribution in [0, 0.1) is 0 Å². The van der Waals surface area contributed by atoms with E-state index in [1.165, 1.54) is 0 Å². The summed E-state index contributed by atoms with van der Waals surface area (Å²) in [7, 11) is -1.68. The summed E-state index contributed by atoms with van der Waals surface area (Å²) in [5, 5.41) is 0.706. The number of carbonyl (C=O) groups is 1. The lowest BCUT2D eigenvalue weighted by molar-refractivity contribution is -0.127. The molecule has 1 amide bonds. The van der Waals surface area contributed by atoms with E-state index >= 15 is 0 Å². The molecule has 0 aromatic heterocycles. The molecule has 0 bridgehead atoms. The van der Waals surface area contributed by atoms with Gasteiger partial charge >= 0.3 is 7.80 Å². The number of nitrogens with zero attached hydrogens (tertiary/aromatic N) is 1. The molecule has 0 aliphatic rings. The first-order chi connectivity index (χ1) is 8.69. The lowest BCUT2D eigenvalue weighted by atomic mass is 10.4. The molecule has 0 fully saturated rings. The number of hydrogen-bond donors (Lipinski definition) is 0. The van der Waals surface area contributed by atoms with Crippen LogP contribution in [0.3, 0.4) is 0 Å². The Morgan fingerprint density at radius 3 is 2.22 bits per heavy atom. The number of amides is 1. The van der Waals surface area contributed by atoms with Crippen molar-refractivity contribution in [3.63, 3.8) is 0 Å². The summed E-state index contributed by atoms with van der Waals surface area (Å²) in [5.74, 6) is -0.139. The molecule has 0 N–H and O–H groups in total. The normalized spacial score (nSPS) is 10.6. The molecule has 0 heterocycles. The van der Waals surface area contributed by atoms with Crippen LogP contribution in [0.15, 0.2) is 55.6 Å². The highest BCUT2D eigenvalue weighted by Gasteiger charge is 2.26. The Morgan fingerprint density at radius 1 is 1.17 bits per heavy atom. The molecule has 1 unspecified atom stereocenters. The van der Waals surface area contributed by atoms with E-state index in [-0.39, 0.29) is 12.1 Å². The van der Waals surface area contributed by atoms with E-state index < -0.39 is 7.80 Å². The molecule has 0 aliphatic heterocycles. The second-order valence-corrected chi connectivity index (χ2v) is 5.34. The molecule has 1 aromatic rings. The van der Waals surface area contributed by atoms with Crippen LogP contribution in [0.25, 0.3) is 0 Å². The van der Waals surface area contributed by atoms with Crippen LogP contribution in [-0.4, -0.2) is 30.1 Å². The highest BCUT2D eigenvalue weighted by molar-refractivity contribution is 7.54. The fourth-order valence-electron chi connectivity index (χ4n) is 1.50. The highest BCUT2D eigenvalue weighted by Crippen LogP contribution is 2.19. The van der Waals surface area contributed by atoms with E-state index in [1.807, 2.05) is 18.2 Å². The Hall–Kier alpha value is -1.73. The highest BCUT2D eigenvalue weighted by atomic mass is 31.1. The van der Waals surface area contributed by atoms with Crippen molar-refractivity contribution >= 4 is 19.0 Å². The van der Waals surface area contributed by atoms with Gasteiger partial charge in [-0.1, -0.05) is 34.9 Å². The van der Waals surface area contributed by atoms with Crippen LogP contribution < -0.4 is 5.30 Å². The molecule has 1 rings (SSSR count). The quantitative estimate of drug-likeness (QED) is 0.558. The Balaban J connectivity index is 2.65. The van der Waals surface area contributed by atoms with Crippen LogP contribution in [-0.2, 0) is 9.36 Å². The first kappa shape index (κ1) is 14.3. The molecule has 0 saturated carbocycles. The fraction of sp³-hybridized carbons (Fsp3) is 0.214. The Morgan fingerprint density at radius 2 is 1.72 bits per heavy atom. The summed E-state index contributed by atoms with van der Waals surface area (Å²) in [4.78, 5) is 13.5. The molecule has 0 radical (unpaired) electrons. The number of carbonyl (C=O) groups excluding carboxylic acids is 1. The van der Waals surface area contributed by atoms with Gasteiger partial charge in [-0.2, -0.15) is 0 Å². The average molecular weight is 262 g/mol. The molecule has 1 aromatic carbocycles. The Kier molecular flexibility index (Phi) is 6.03. The third kappa shape index (κ3) is 4.27. The lowest BCUT2D eigenvalue weighted by Crippen LogP contribution is -2.33. The van der Waals surface area contributed by atoms with Gasteiger partial charge in [0.15, 0.2) is 5.30 Å². The van der Waals surface area contributed by atoms with Gasteiger partial charge < -0.3 is 4.90 Å².